The molecule has 3 aromatic rings. The minimum atomic E-state index is -0.527. The highest BCUT2D eigenvalue weighted by Crippen LogP contribution is 2.28. The summed E-state index contributed by atoms with van der Waals surface area (Å²) in [6, 6.07) is 11.1. The Balaban J connectivity index is 1.84. The summed E-state index contributed by atoms with van der Waals surface area (Å²) in [5, 5.41) is 4.11. The lowest BCUT2D eigenvalue weighted by atomic mass is 10.2. The summed E-state index contributed by atoms with van der Waals surface area (Å²) in [5.74, 6) is 0.307. The molecule has 28 heavy (non-hydrogen) atoms. The number of rotatable bonds is 5. The van der Waals surface area contributed by atoms with Crippen LogP contribution in [0.15, 0.2) is 64.8 Å². The van der Waals surface area contributed by atoms with Crippen molar-refractivity contribution in [3.8, 4) is 11.5 Å². The number of anilines is 1. The van der Waals surface area contributed by atoms with Gasteiger partial charge in [0.1, 0.15) is 5.82 Å². The largest absolute Gasteiger partial charge is 0.493 e. The molecule has 0 saturated carbocycles. The third-order valence-electron chi connectivity index (χ3n) is 3.81. The first-order chi connectivity index (χ1) is 13.5. The quantitative estimate of drug-likeness (QED) is 0.414. The molecule has 0 bridgehead atoms. The van der Waals surface area contributed by atoms with E-state index in [9.17, 15) is 9.59 Å². The normalized spacial score (nSPS) is 10.8. The molecule has 1 aromatic carbocycles. The molecular formula is C20H18N4O4. The number of hydrogen-bond donors (Lipinski definition) is 1. The number of nitrogens with two attached hydrogens (primary N) is 1. The minimum Gasteiger partial charge on any atom is -0.493 e. The average molecular weight is 378 g/mol. The Labute approximate surface area is 160 Å². The standard InChI is InChI=1S/C20H18N4O4/c1-13-9-18(21)24(19(25)10-13)23-12-14-3-4-16(17(11-14)27-2)28-20(26)15-5-7-22-8-6-15/h3-12H,21H2,1-2H3. The summed E-state index contributed by atoms with van der Waals surface area (Å²) >= 11 is 0. The fourth-order valence-corrected chi connectivity index (χ4v) is 2.46. The number of hydrogen-bond acceptors (Lipinski definition) is 7. The summed E-state index contributed by atoms with van der Waals surface area (Å²) in [5.41, 5.74) is 7.27. The number of methoxy groups -OCH3 is 1. The molecule has 8 nitrogen and oxygen atoms in total. The van der Waals surface area contributed by atoms with E-state index in [0.29, 0.717) is 16.9 Å². The molecule has 2 heterocycles. The van der Waals surface area contributed by atoms with Crippen LogP contribution in [-0.2, 0) is 0 Å². The van der Waals surface area contributed by atoms with Crippen molar-refractivity contribution in [1.29, 1.82) is 0 Å². The van der Waals surface area contributed by atoms with Gasteiger partial charge in [0.25, 0.3) is 5.56 Å². The molecule has 142 valence electrons. The van der Waals surface area contributed by atoms with Crippen molar-refractivity contribution in [1.82, 2.24) is 9.66 Å². The van der Waals surface area contributed by atoms with Crippen LogP contribution >= 0.6 is 0 Å². The van der Waals surface area contributed by atoms with Gasteiger partial charge in [0.05, 0.1) is 18.9 Å². The molecule has 0 spiro atoms. The van der Waals surface area contributed by atoms with Gasteiger partial charge in [-0.3, -0.25) is 9.78 Å². The van der Waals surface area contributed by atoms with Crippen LogP contribution in [0.3, 0.4) is 0 Å². The zero-order chi connectivity index (χ0) is 20.1. The number of esters is 1. The highest BCUT2D eigenvalue weighted by atomic mass is 16.6. The summed E-state index contributed by atoms with van der Waals surface area (Å²) < 4.78 is 11.8. The van der Waals surface area contributed by atoms with Crippen LogP contribution in [0.4, 0.5) is 5.82 Å². The van der Waals surface area contributed by atoms with Gasteiger partial charge in [0, 0.05) is 18.5 Å². The second-order valence-electron chi connectivity index (χ2n) is 5.89. The van der Waals surface area contributed by atoms with E-state index in [1.165, 1.54) is 31.8 Å². The van der Waals surface area contributed by atoms with Crippen LogP contribution in [0.25, 0.3) is 0 Å². The van der Waals surface area contributed by atoms with Crippen LogP contribution in [0.5, 0.6) is 11.5 Å². The van der Waals surface area contributed by atoms with E-state index >= 15 is 0 Å². The second kappa shape index (κ2) is 8.17. The molecule has 0 saturated heterocycles. The van der Waals surface area contributed by atoms with E-state index in [1.807, 2.05) is 0 Å². The molecule has 0 fully saturated rings. The molecule has 0 amide bonds. The molecule has 0 unspecified atom stereocenters. The van der Waals surface area contributed by atoms with E-state index in [-0.39, 0.29) is 17.1 Å². The van der Waals surface area contributed by atoms with Crippen molar-refractivity contribution in [2.45, 2.75) is 6.92 Å². The number of benzene rings is 1. The smallest absolute Gasteiger partial charge is 0.343 e. The predicted octanol–water partition coefficient (Wildman–Crippen LogP) is 2.24. The van der Waals surface area contributed by atoms with Gasteiger partial charge in [-0.15, -0.1) is 0 Å². The highest BCUT2D eigenvalue weighted by Gasteiger charge is 2.12. The maximum absolute atomic E-state index is 12.2. The lowest BCUT2D eigenvalue weighted by Crippen LogP contribution is -2.19. The molecule has 0 atom stereocenters. The van der Waals surface area contributed by atoms with E-state index in [0.717, 1.165) is 10.2 Å². The Morgan fingerprint density at radius 2 is 1.89 bits per heavy atom. The van der Waals surface area contributed by atoms with Gasteiger partial charge in [-0.2, -0.15) is 9.78 Å². The predicted molar refractivity (Wildman–Crippen MR) is 105 cm³/mol. The molecule has 0 aliphatic heterocycles. The number of ether oxygens (including phenoxy) is 2. The van der Waals surface area contributed by atoms with Crippen molar-refractivity contribution in [2.75, 3.05) is 12.8 Å². The first kappa shape index (κ1) is 18.8. The Morgan fingerprint density at radius 1 is 1.14 bits per heavy atom. The van der Waals surface area contributed by atoms with Crippen LogP contribution in [-0.4, -0.2) is 29.0 Å². The summed E-state index contributed by atoms with van der Waals surface area (Å²) in [4.78, 5) is 28.1. The molecule has 3 rings (SSSR count). The lowest BCUT2D eigenvalue weighted by Gasteiger charge is -2.10. The van der Waals surface area contributed by atoms with Crippen LogP contribution < -0.4 is 20.8 Å². The van der Waals surface area contributed by atoms with E-state index in [2.05, 4.69) is 10.1 Å². The fourth-order valence-electron chi connectivity index (χ4n) is 2.46. The second-order valence-corrected chi connectivity index (χ2v) is 5.89. The Hall–Kier alpha value is -3.94. The maximum atomic E-state index is 12.2. The number of nitrogen functional groups attached to an aromatic ring is 1. The third-order valence-corrected chi connectivity index (χ3v) is 3.81. The first-order valence-corrected chi connectivity index (χ1v) is 8.31. The van der Waals surface area contributed by atoms with E-state index in [4.69, 9.17) is 15.2 Å². The number of nitrogens with zero attached hydrogens (tertiary/aromatic N) is 3. The number of aromatic nitrogens is 2. The highest BCUT2D eigenvalue weighted by molar-refractivity contribution is 5.91. The van der Waals surface area contributed by atoms with Crippen molar-refractivity contribution < 1.29 is 14.3 Å². The molecule has 0 radical (unpaired) electrons. The summed E-state index contributed by atoms with van der Waals surface area (Å²) in [7, 11) is 1.46. The van der Waals surface area contributed by atoms with Gasteiger partial charge in [-0.05, 0) is 54.4 Å². The maximum Gasteiger partial charge on any atom is 0.343 e. The zero-order valence-electron chi connectivity index (χ0n) is 15.3. The minimum absolute atomic E-state index is 0.233. The molecular weight excluding hydrogens is 360 g/mol. The molecule has 2 aromatic heterocycles. The van der Waals surface area contributed by atoms with Gasteiger partial charge in [0.2, 0.25) is 0 Å². The number of aryl methyl sites for hydroxylation is 1. The number of pyridine rings is 2. The first-order valence-electron chi connectivity index (χ1n) is 8.31. The van der Waals surface area contributed by atoms with Crippen LogP contribution in [0, 0.1) is 6.92 Å². The van der Waals surface area contributed by atoms with Crippen LogP contribution in [0.1, 0.15) is 21.5 Å². The van der Waals surface area contributed by atoms with Gasteiger partial charge in [-0.25, -0.2) is 4.79 Å². The van der Waals surface area contributed by atoms with Crippen molar-refractivity contribution in [3.63, 3.8) is 0 Å². The zero-order valence-corrected chi connectivity index (χ0v) is 15.3. The van der Waals surface area contributed by atoms with Gasteiger partial charge >= 0.3 is 5.97 Å². The van der Waals surface area contributed by atoms with Gasteiger partial charge in [0.15, 0.2) is 11.5 Å². The monoisotopic (exact) mass is 378 g/mol. The topological polar surface area (TPSA) is 109 Å². The Kier molecular flexibility index (Phi) is 5.50. The van der Waals surface area contributed by atoms with Crippen LogP contribution in [0.2, 0.25) is 0 Å². The third kappa shape index (κ3) is 4.24. The van der Waals surface area contributed by atoms with Crippen molar-refractivity contribution >= 4 is 18.0 Å². The van der Waals surface area contributed by atoms with E-state index in [1.54, 1.807) is 43.3 Å². The number of carbonyl (C=O) groups excluding carboxylic acids is 1. The van der Waals surface area contributed by atoms with Crippen molar-refractivity contribution in [2.24, 2.45) is 5.10 Å². The molecule has 2 N–H and O–H groups in total. The average Bonchev–Trinajstić information content (AvgIpc) is 2.68. The Morgan fingerprint density at radius 3 is 2.57 bits per heavy atom. The summed E-state index contributed by atoms with van der Waals surface area (Å²) in [6.45, 7) is 1.78. The summed E-state index contributed by atoms with van der Waals surface area (Å²) in [6.07, 6.45) is 4.47. The lowest BCUT2D eigenvalue weighted by molar-refractivity contribution is 0.0729. The van der Waals surface area contributed by atoms with E-state index < -0.39 is 5.97 Å². The van der Waals surface area contributed by atoms with Gasteiger partial charge in [-0.1, -0.05) is 0 Å². The van der Waals surface area contributed by atoms with Crippen molar-refractivity contribution in [3.05, 3.63) is 81.9 Å². The Bertz CT molecular complexity index is 1090. The molecule has 0 aliphatic carbocycles. The SMILES string of the molecule is COc1cc(C=Nn2c(N)cc(C)cc2=O)ccc1OC(=O)c1ccncc1. The molecule has 8 heteroatoms. The van der Waals surface area contributed by atoms with Gasteiger partial charge < -0.3 is 15.2 Å². The molecule has 0 aliphatic rings. The fraction of sp³-hybridized carbons (Fsp3) is 0.100. The number of carbonyl (C=O) groups is 1.